The summed E-state index contributed by atoms with van der Waals surface area (Å²) >= 11 is 1.98. The molecule has 0 unspecified atom stereocenters. The first-order valence-corrected chi connectivity index (χ1v) is 5.72. The third-order valence-corrected chi connectivity index (χ3v) is 3.05. The Labute approximate surface area is 105 Å². The number of rotatable bonds is 2. The molecule has 84 valence electrons. The van der Waals surface area contributed by atoms with Crippen molar-refractivity contribution in [3.05, 3.63) is 38.1 Å². The first kappa shape index (κ1) is 11.2. The average molecular weight is 331 g/mol. The molecular weight excluding hydrogens is 321 g/mol. The molecule has 0 saturated heterocycles. The van der Waals surface area contributed by atoms with E-state index in [1.807, 2.05) is 29.6 Å². The van der Waals surface area contributed by atoms with E-state index in [9.17, 15) is 4.79 Å². The van der Waals surface area contributed by atoms with Crippen LogP contribution in [0.4, 0.5) is 0 Å². The van der Waals surface area contributed by atoms with E-state index < -0.39 is 0 Å². The SMILES string of the molecule is Cc1ncc(I)c(=O)n1Cc1nncn1C. The monoisotopic (exact) mass is 331 g/mol. The number of hydrogen-bond donors (Lipinski definition) is 0. The van der Waals surface area contributed by atoms with Gasteiger partial charge in [-0.1, -0.05) is 0 Å². The lowest BCUT2D eigenvalue weighted by Gasteiger charge is -2.08. The molecule has 0 aliphatic rings. The predicted octanol–water partition coefficient (Wildman–Crippen LogP) is 0.333. The van der Waals surface area contributed by atoms with Gasteiger partial charge in [0.2, 0.25) is 0 Å². The van der Waals surface area contributed by atoms with Gasteiger partial charge in [0.1, 0.15) is 12.2 Å². The van der Waals surface area contributed by atoms with Crippen LogP contribution in [0.3, 0.4) is 0 Å². The minimum Gasteiger partial charge on any atom is -0.319 e. The summed E-state index contributed by atoms with van der Waals surface area (Å²) < 4.78 is 3.97. The van der Waals surface area contributed by atoms with Gasteiger partial charge in [0, 0.05) is 13.2 Å². The highest BCUT2D eigenvalue weighted by molar-refractivity contribution is 14.1. The van der Waals surface area contributed by atoms with E-state index in [1.54, 1.807) is 28.6 Å². The van der Waals surface area contributed by atoms with Gasteiger partial charge >= 0.3 is 0 Å². The van der Waals surface area contributed by atoms with Crippen molar-refractivity contribution in [2.75, 3.05) is 0 Å². The fourth-order valence-corrected chi connectivity index (χ4v) is 1.76. The molecule has 0 amide bonds. The Morgan fingerprint density at radius 1 is 1.50 bits per heavy atom. The van der Waals surface area contributed by atoms with Crippen LogP contribution in [0.5, 0.6) is 0 Å². The molecule has 6 nitrogen and oxygen atoms in total. The Balaban J connectivity index is 2.46. The molecule has 0 aliphatic carbocycles. The Morgan fingerprint density at radius 2 is 2.25 bits per heavy atom. The van der Waals surface area contributed by atoms with Crippen LogP contribution >= 0.6 is 22.6 Å². The summed E-state index contributed by atoms with van der Waals surface area (Å²) in [6.07, 6.45) is 3.18. The van der Waals surface area contributed by atoms with Crippen molar-refractivity contribution in [1.29, 1.82) is 0 Å². The van der Waals surface area contributed by atoms with E-state index in [0.717, 1.165) is 5.82 Å². The fourth-order valence-electron chi connectivity index (χ4n) is 1.33. The maximum Gasteiger partial charge on any atom is 0.267 e. The van der Waals surface area contributed by atoms with E-state index in [2.05, 4.69) is 15.2 Å². The molecule has 0 radical (unpaired) electrons. The molecule has 0 aromatic carbocycles. The van der Waals surface area contributed by atoms with Crippen molar-refractivity contribution in [2.45, 2.75) is 13.5 Å². The molecule has 7 heteroatoms. The summed E-state index contributed by atoms with van der Waals surface area (Å²) in [5.41, 5.74) is -0.0453. The minimum absolute atomic E-state index is 0.0453. The van der Waals surface area contributed by atoms with Crippen molar-refractivity contribution in [3.63, 3.8) is 0 Å². The zero-order valence-corrected chi connectivity index (χ0v) is 11.0. The lowest BCUT2D eigenvalue weighted by atomic mass is 10.5. The molecule has 0 fully saturated rings. The second kappa shape index (κ2) is 4.32. The Kier molecular flexibility index (Phi) is 3.03. The molecule has 16 heavy (non-hydrogen) atoms. The Morgan fingerprint density at radius 3 is 2.88 bits per heavy atom. The smallest absolute Gasteiger partial charge is 0.267 e. The van der Waals surface area contributed by atoms with Crippen LogP contribution in [0.1, 0.15) is 11.6 Å². The highest BCUT2D eigenvalue weighted by Crippen LogP contribution is 2.00. The third-order valence-electron chi connectivity index (χ3n) is 2.31. The molecule has 2 heterocycles. The largest absolute Gasteiger partial charge is 0.319 e. The second-order valence-corrected chi connectivity index (χ2v) is 4.56. The summed E-state index contributed by atoms with van der Waals surface area (Å²) in [7, 11) is 1.84. The van der Waals surface area contributed by atoms with E-state index in [-0.39, 0.29) is 5.56 Å². The molecule has 0 saturated carbocycles. The quantitative estimate of drug-likeness (QED) is 0.744. The zero-order valence-electron chi connectivity index (χ0n) is 8.88. The minimum atomic E-state index is -0.0453. The van der Waals surface area contributed by atoms with Gasteiger partial charge in [-0.05, 0) is 29.5 Å². The number of hydrogen-bond acceptors (Lipinski definition) is 4. The molecule has 0 spiro atoms. The summed E-state index contributed by atoms with van der Waals surface area (Å²) in [4.78, 5) is 16.0. The summed E-state index contributed by atoms with van der Waals surface area (Å²) in [6.45, 7) is 2.19. The highest BCUT2D eigenvalue weighted by Gasteiger charge is 2.08. The number of nitrogens with zero attached hydrogens (tertiary/aromatic N) is 5. The average Bonchev–Trinajstić information content (AvgIpc) is 2.65. The predicted molar refractivity (Wildman–Crippen MR) is 66.1 cm³/mol. The second-order valence-electron chi connectivity index (χ2n) is 3.40. The molecule has 2 aromatic rings. The maximum absolute atomic E-state index is 11.9. The normalized spacial score (nSPS) is 10.7. The van der Waals surface area contributed by atoms with E-state index in [1.165, 1.54) is 0 Å². The van der Waals surface area contributed by atoms with Crippen LogP contribution < -0.4 is 5.56 Å². The van der Waals surface area contributed by atoms with Crippen molar-refractivity contribution in [3.8, 4) is 0 Å². The van der Waals surface area contributed by atoms with Gasteiger partial charge in [-0.25, -0.2) is 4.98 Å². The van der Waals surface area contributed by atoms with Crippen LogP contribution in [0.25, 0.3) is 0 Å². The van der Waals surface area contributed by atoms with Crippen molar-refractivity contribution in [1.82, 2.24) is 24.3 Å². The molecule has 0 atom stereocenters. The molecule has 0 bridgehead atoms. The topological polar surface area (TPSA) is 65.6 Å². The zero-order chi connectivity index (χ0) is 11.7. The fraction of sp³-hybridized carbons (Fsp3) is 0.333. The van der Waals surface area contributed by atoms with Gasteiger partial charge in [0.05, 0.1) is 10.1 Å². The van der Waals surface area contributed by atoms with Gasteiger partial charge in [0.25, 0.3) is 5.56 Å². The molecule has 0 aliphatic heterocycles. The maximum atomic E-state index is 11.9. The van der Waals surface area contributed by atoms with Crippen LogP contribution in [-0.4, -0.2) is 24.3 Å². The summed E-state index contributed by atoms with van der Waals surface area (Å²) in [5, 5.41) is 7.72. The van der Waals surface area contributed by atoms with E-state index >= 15 is 0 Å². The van der Waals surface area contributed by atoms with Crippen LogP contribution in [0.15, 0.2) is 17.3 Å². The lowest BCUT2D eigenvalue weighted by molar-refractivity contribution is 0.639. The van der Waals surface area contributed by atoms with Crippen LogP contribution in [0, 0.1) is 10.5 Å². The van der Waals surface area contributed by atoms with E-state index in [4.69, 9.17) is 0 Å². The lowest BCUT2D eigenvalue weighted by Crippen LogP contribution is -2.27. The molecular formula is C9H10IN5O. The Bertz CT molecular complexity index is 574. The first-order valence-electron chi connectivity index (χ1n) is 4.64. The summed E-state index contributed by atoms with van der Waals surface area (Å²) in [5.74, 6) is 1.41. The van der Waals surface area contributed by atoms with E-state index in [0.29, 0.717) is 15.9 Å². The summed E-state index contributed by atoms with van der Waals surface area (Å²) in [6, 6.07) is 0. The first-order chi connectivity index (χ1) is 7.59. The number of halogens is 1. The van der Waals surface area contributed by atoms with Gasteiger partial charge in [-0.3, -0.25) is 9.36 Å². The van der Waals surface area contributed by atoms with Gasteiger partial charge in [-0.15, -0.1) is 10.2 Å². The van der Waals surface area contributed by atoms with Crippen molar-refractivity contribution in [2.24, 2.45) is 7.05 Å². The van der Waals surface area contributed by atoms with Gasteiger partial charge < -0.3 is 4.57 Å². The number of aryl methyl sites for hydroxylation is 2. The Hall–Kier alpha value is -1.25. The molecule has 2 aromatic heterocycles. The van der Waals surface area contributed by atoms with Gasteiger partial charge in [0.15, 0.2) is 5.82 Å². The van der Waals surface area contributed by atoms with Crippen LogP contribution in [-0.2, 0) is 13.6 Å². The van der Waals surface area contributed by atoms with Crippen molar-refractivity contribution < 1.29 is 0 Å². The van der Waals surface area contributed by atoms with Gasteiger partial charge in [-0.2, -0.15) is 0 Å². The standard InChI is InChI=1S/C9H10IN5O/c1-6-11-3-7(10)9(16)15(6)4-8-13-12-5-14(8)2/h3,5H,4H2,1-2H3. The third kappa shape index (κ3) is 1.99. The number of aromatic nitrogens is 5. The van der Waals surface area contributed by atoms with Crippen molar-refractivity contribution >= 4 is 22.6 Å². The van der Waals surface area contributed by atoms with Crippen LogP contribution in [0.2, 0.25) is 0 Å². The molecule has 2 rings (SSSR count). The molecule has 0 N–H and O–H groups in total. The highest BCUT2D eigenvalue weighted by atomic mass is 127.